The molecule has 3 rings (SSSR count). The van der Waals surface area contributed by atoms with E-state index in [1.54, 1.807) is 6.07 Å². The molecule has 138 valence electrons. The van der Waals surface area contributed by atoms with Gasteiger partial charge in [0.1, 0.15) is 6.26 Å². The number of hydrogen-bond donors (Lipinski definition) is 1. The van der Waals surface area contributed by atoms with Crippen molar-refractivity contribution in [2.45, 2.75) is 25.7 Å². The van der Waals surface area contributed by atoms with Gasteiger partial charge in [-0.05, 0) is 48.9 Å². The summed E-state index contributed by atoms with van der Waals surface area (Å²) in [5.74, 6) is 0.489. The number of carbonyl (C=O) groups is 2. The van der Waals surface area contributed by atoms with Crippen LogP contribution < -0.4 is 5.32 Å². The van der Waals surface area contributed by atoms with E-state index >= 15 is 0 Å². The molecule has 2 amide bonds. The van der Waals surface area contributed by atoms with Crippen molar-refractivity contribution in [3.8, 4) is 0 Å². The fraction of sp³-hybridized carbons (Fsp3) is 0.400. The Morgan fingerprint density at radius 3 is 2.73 bits per heavy atom. The predicted octanol–water partition coefficient (Wildman–Crippen LogP) is 3.53. The molecule has 1 fully saturated rings. The van der Waals surface area contributed by atoms with Crippen LogP contribution in [-0.2, 0) is 11.2 Å². The number of piperidine rings is 1. The maximum absolute atomic E-state index is 12.3. The van der Waals surface area contributed by atoms with Crippen LogP contribution in [0.5, 0.6) is 0 Å². The lowest BCUT2D eigenvalue weighted by Crippen LogP contribution is -2.41. The van der Waals surface area contributed by atoms with E-state index in [9.17, 15) is 9.59 Å². The van der Waals surface area contributed by atoms with Crippen molar-refractivity contribution >= 4 is 23.4 Å². The van der Waals surface area contributed by atoms with Crippen LogP contribution in [0, 0.1) is 5.92 Å². The van der Waals surface area contributed by atoms with Crippen molar-refractivity contribution in [1.29, 1.82) is 0 Å². The molecule has 5 nitrogen and oxygen atoms in total. The second-order valence-electron chi connectivity index (χ2n) is 6.68. The van der Waals surface area contributed by atoms with Crippen LogP contribution in [0.1, 0.15) is 35.2 Å². The predicted molar refractivity (Wildman–Crippen MR) is 100 cm³/mol. The summed E-state index contributed by atoms with van der Waals surface area (Å²) in [6.45, 7) is 2.10. The summed E-state index contributed by atoms with van der Waals surface area (Å²) >= 11 is 5.96. The van der Waals surface area contributed by atoms with Gasteiger partial charge in [0, 0.05) is 31.1 Å². The molecule has 0 saturated carbocycles. The van der Waals surface area contributed by atoms with Gasteiger partial charge in [0.15, 0.2) is 0 Å². The second-order valence-corrected chi connectivity index (χ2v) is 7.12. The second kappa shape index (κ2) is 8.90. The molecule has 1 saturated heterocycles. The first-order valence-electron chi connectivity index (χ1n) is 8.94. The zero-order valence-corrected chi connectivity index (χ0v) is 15.4. The van der Waals surface area contributed by atoms with Crippen molar-refractivity contribution in [2.24, 2.45) is 5.92 Å². The van der Waals surface area contributed by atoms with E-state index in [0.29, 0.717) is 49.0 Å². The molecular formula is C20H23ClN2O3. The zero-order valence-electron chi connectivity index (χ0n) is 14.6. The topological polar surface area (TPSA) is 62.6 Å². The Morgan fingerprint density at radius 2 is 2.04 bits per heavy atom. The Labute approximate surface area is 158 Å². The Morgan fingerprint density at radius 1 is 1.23 bits per heavy atom. The number of amides is 2. The van der Waals surface area contributed by atoms with Crippen molar-refractivity contribution in [2.75, 3.05) is 19.6 Å². The molecule has 1 aliphatic heterocycles. The molecule has 0 aliphatic carbocycles. The lowest BCUT2D eigenvalue weighted by molar-refractivity contribution is -0.121. The quantitative estimate of drug-likeness (QED) is 0.841. The number of carbonyl (C=O) groups excluding carboxylic acids is 2. The van der Waals surface area contributed by atoms with Crippen molar-refractivity contribution in [3.05, 3.63) is 59.0 Å². The monoisotopic (exact) mass is 374 g/mol. The fourth-order valence-corrected chi connectivity index (χ4v) is 3.42. The van der Waals surface area contributed by atoms with Gasteiger partial charge in [-0.3, -0.25) is 9.59 Å². The van der Waals surface area contributed by atoms with Crippen LogP contribution in [0.15, 0.2) is 47.3 Å². The summed E-state index contributed by atoms with van der Waals surface area (Å²) in [6.07, 6.45) is 5.94. The molecule has 2 heterocycles. The van der Waals surface area contributed by atoms with Crippen LogP contribution >= 0.6 is 11.6 Å². The van der Waals surface area contributed by atoms with Crippen molar-refractivity contribution < 1.29 is 14.0 Å². The number of aryl methyl sites for hydroxylation is 1. The largest absolute Gasteiger partial charge is 0.472 e. The lowest BCUT2D eigenvalue weighted by Gasteiger charge is -2.31. The number of furan rings is 1. The van der Waals surface area contributed by atoms with Crippen LogP contribution in [0.3, 0.4) is 0 Å². The molecule has 0 bridgehead atoms. The summed E-state index contributed by atoms with van der Waals surface area (Å²) in [7, 11) is 0. The minimum absolute atomic E-state index is 0.0164. The minimum Gasteiger partial charge on any atom is -0.472 e. The normalized spacial score (nSPS) is 15.0. The molecule has 1 aromatic heterocycles. The standard InChI is InChI=1S/C20H23ClN2O3/c21-18-3-1-2-15(12-18)4-5-19(24)22-13-16-6-9-23(10-7-16)20(25)17-8-11-26-14-17/h1-3,8,11-12,14,16H,4-7,9-10,13H2,(H,22,24). The summed E-state index contributed by atoms with van der Waals surface area (Å²) < 4.78 is 4.97. The molecule has 1 N–H and O–H groups in total. The number of benzene rings is 1. The van der Waals surface area contributed by atoms with E-state index in [2.05, 4.69) is 5.32 Å². The number of rotatable bonds is 6. The molecule has 1 aromatic carbocycles. The van der Waals surface area contributed by atoms with E-state index in [-0.39, 0.29) is 11.8 Å². The molecular weight excluding hydrogens is 352 g/mol. The average Bonchev–Trinajstić information content (AvgIpc) is 3.19. The van der Waals surface area contributed by atoms with Crippen LogP contribution in [0.4, 0.5) is 0 Å². The van der Waals surface area contributed by atoms with Gasteiger partial charge in [-0.15, -0.1) is 0 Å². The summed E-state index contributed by atoms with van der Waals surface area (Å²) in [5, 5.41) is 3.71. The Hall–Kier alpha value is -2.27. The highest BCUT2D eigenvalue weighted by Crippen LogP contribution is 2.19. The van der Waals surface area contributed by atoms with Gasteiger partial charge in [-0.2, -0.15) is 0 Å². The SMILES string of the molecule is O=C(CCc1cccc(Cl)c1)NCC1CCN(C(=O)c2ccoc2)CC1. The molecule has 0 spiro atoms. The van der Waals surface area contributed by atoms with Gasteiger partial charge in [-0.1, -0.05) is 23.7 Å². The van der Waals surface area contributed by atoms with Gasteiger partial charge in [0.2, 0.25) is 5.91 Å². The number of hydrogen-bond acceptors (Lipinski definition) is 3. The van der Waals surface area contributed by atoms with E-state index in [1.165, 1.54) is 12.5 Å². The number of nitrogens with zero attached hydrogens (tertiary/aromatic N) is 1. The van der Waals surface area contributed by atoms with Crippen LogP contribution in [0.2, 0.25) is 5.02 Å². The van der Waals surface area contributed by atoms with Crippen LogP contribution in [-0.4, -0.2) is 36.3 Å². The summed E-state index contributed by atoms with van der Waals surface area (Å²) in [4.78, 5) is 26.2. The summed E-state index contributed by atoms with van der Waals surface area (Å²) in [5.41, 5.74) is 1.66. The van der Waals surface area contributed by atoms with Crippen molar-refractivity contribution in [3.63, 3.8) is 0 Å². The zero-order chi connectivity index (χ0) is 18.4. The highest BCUT2D eigenvalue weighted by atomic mass is 35.5. The lowest BCUT2D eigenvalue weighted by atomic mass is 9.96. The first kappa shape index (κ1) is 18.5. The van der Waals surface area contributed by atoms with Crippen molar-refractivity contribution in [1.82, 2.24) is 10.2 Å². The van der Waals surface area contributed by atoms with E-state index in [0.717, 1.165) is 18.4 Å². The number of halogens is 1. The minimum atomic E-state index is 0.0164. The fourth-order valence-electron chi connectivity index (χ4n) is 3.21. The Kier molecular flexibility index (Phi) is 6.34. The number of likely N-dealkylation sites (tertiary alicyclic amines) is 1. The smallest absolute Gasteiger partial charge is 0.257 e. The Balaban J connectivity index is 1.35. The molecule has 1 aliphatic rings. The first-order valence-corrected chi connectivity index (χ1v) is 9.32. The average molecular weight is 375 g/mol. The third-order valence-electron chi connectivity index (χ3n) is 4.79. The third-order valence-corrected chi connectivity index (χ3v) is 5.02. The maximum Gasteiger partial charge on any atom is 0.257 e. The summed E-state index contributed by atoms with van der Waals surface area (Å²) in [6, 6.07) is 9.28. The number of nitrogens with one attached hydrogen (secondary N) is 1. The van der Waals surface area contributed by atoms with Crippen LogP contribution in [0.25, 0.3) is 0 Å². The maximum atomic E-state index is 12.3. The molecule has 0 radical (unpaired) electrons. The Bertz CT molecular complexity index is 737. The highest BCUT2D eigenvalue weighted by molar-refractivity contribution is 6.30. The molecule has 0 atom stereocenters. The molecule has 0 unspecified atom stereocenters. The van der Waals surface area contributed by atoms with Gasteiger partial charge < -0.3 is 14.6 Å². The first-order chi connectivity index (χ1) is 12.6. The molecule has 6 heteroatoms. The molecule has 26 heavy (non-hydrogen) atoms. The third kappa shape index (κ3) is 5.11. The highest BCUT2D eigenvalue weighted by Gasteiger charge is 2.24. The van der Waals surface area contributed by atoms with Gasteiger partial charge in [0.25, 0.3) is 5.91 Å². The van der Waals surface area contributed by atoms with Gasteiger partial charge in [-0.25, -0.2) is 0 Å². The van der Waals surface area contributed by atoms with Gasteiger partial charge in [0.05, 0.1) is 11.8 Å². The van der Waals surface area contributed by atoms with E-state index in [4.69, 9.17) is 16.0 Å². The van der Waals surface area contributed by atoms with Gasteiger partial charge >= 0.3 is 0 Å². The molecule has 2 aromatic rings. The van der Waals surface area contributed by atoms with E-state index in [1.807, 2.05) is 29.2 Å². The van der Waals surface area contributed by atoms with E-state index < -0.39 is 0 Å².